The molecule has 1 fully saturated rings. The van der Waals surface area contributed by atoms with E-state index in [4.69, 9.17) is 11.6 Å². The van der Waals surface area contributed by atoms with Crippen LogP contribution in [0.25, 0.3) is 11.1 Å². The SMILES string of the molecule is C=CC1CCC(C#Cc2ccc(-c3ccc(Cl)c(F)c3)cc2)CC1. The van der Waals surface area contributed by atoms with Gasteiger partial charge in [0.25, 0.3) is 0 Å². The molecule has 1 aliphatic carbocycles. The summed E-state index contributed by atoms with van der Waals surface area (Å²) in [6.45, 7) is 3.88. The van der Waals surface area contributed by atoms with E-state index in [1.165, 1.54) is 18.9 Å². The molecule has 0 unspecified atom stereocenters. The molecular weight excluding hydrogens is 319 g/mol. The molecule has 0 bridgehead atoms. The highest BCUT2D eigenvalue weighted by atomic mass is 35.5. The number of allylic oxidation sites excluding steroid dienone is 1. The van der Waals surface area contributed by atoms with Crippen molar-refractivity contribution in [2.75, 3.05) is 0 Å². The van der Waals surface area contributed by atoms with Gasteiger partial charge in [0.1, 0.15) is 5.82 Å². The van der Waals surface area contributed by atoms with Crippen molar-refractivity contribution in [2.45, 2.75) is 25.7 Å². The molecule has 0 heterocycles. The molecule has 0 atom stereocenters. The maximum absolute atomic E-state index is 13.6. The molecule has 2 aromatic rings. The Bertz CT molecular complexity index is 772. The summed E-state index contributed by atoms with van der Waals surface area (Å²) < 4.78 is 13.6. The lowest BCUT2D eigenvalue weighted by molar-refractivity contribution is 0.365. The van der Waals surface area contributed by atoms with Crippen LogP contribution in [-0.2, 0) is 0 Å². The third-order valence-corrected chi connectivity index (χ3v) is 4.97. The molecule has 1 aliphatic rings. The van der Waals surface area contributed by atoms with Crippen LogP contribution in [0.1, 0.15) is 31.2 Å². The molecule has 0 radical (unpaired) electrons. The Balaban J connectivity index is 1.68. The van der Waals surface area contributed by atoms with Crippen molar-refractivity contribution in [2.24, 2.45) is 11.8 Å². The molecule has 122 valence electrons. The van der Waals surface area contributed by atoms with Crippen LogP contribution >= 0.6 is 11.6 Å². The normalized spacial score (nSPS) is 20.1. The van der Waals surface area contributed by atoms with Gasteiger partial charge in [0.2, 0.25) is 0 Å². The van der Waals surface area contributed by atoms with Gasteiger partial charge in [-0.15, -0.1) is 6.58 Å². The molecular formula is C22H20ClF. The second-order valence-corrected chi connectivity index (χ2v) is 6.73. The Morgan fingerprint density at radius 3 is 2.29 bits per heavy atom. The molecule has 0 spiro atoms. The molecule has 0 N–H and O–H groups in total. The summed E-state index contributed by atoms with van der Waals surface area (Å²) in [6, 6.07) is 12.8. The van der Waals surface area contributed by atoms with Gasteiger partial charge in [-0.3, -0.25) is 0 Å². The highest BCUT2D eigenvalue weighted by molar-refractivity contribution is 6.30. The molecule has 3 rings (SSSR count). The summed E-state index contributed by atoms with van der Waals surface area (Å²) in [7, 11) is 0. The van der Waals surface area contributed by atoms with E-state index in [0.29, 0.717) is 11.8 Å². The Labute approximate surface area is 148 Å². The lowest BCUT2D eigenvalue weighted by atomic mass is 9.82. The minimum atomic E-state index is -0.395. The zero-order chi connectivity index (χ0) is 16.9. The van der Waals surface area contributed by atoms with Gasteiger partial charge in [0.15, 0.2) is 0 Å². The van der Waals surface area contributed by atoms with Gasteiger partial charge in [0.05, 0.1) is 5.02 Å². The van der Waals surface area contributed by atoms with Gasteiger partial charge in [-0.1, -0.05) is 47.7 Å². The molecule has 24 heavy (non-hydrogen) atoms. The van der Waals surface area contributed by atoms with Crippen LogP contribution in [0, 0.1) is 29.5 Å². The zero-order valence-electron chi connectivity index (χ0n) is 13.6. The Hall–Kier alpha value is -2.04. The smallest absolute Gasteiger partial charge is 0.142 e. The van der Waals surface area contributed by atoms with Crippen molar-refractivity contribution in [3.8, 4) is 23.0 Å². The van der Waals surface area contributed by atoms with Crippen LogP contribution in [-0.4, -0.2) is 0 Å². The highest BCUT2D eigenvalue weighted by Crippen LogP contribution is 2.29. The van der Waals surface area contributed by atoms with Crippen molar-refractivity contribution >= 4 is 11.6 Å². The zero-order valence-corrected chi connectivity index (χ0v) is 14.3. The highest BCUT2D eigenvalue weighted by Gasteiger charge is 2.17. The van der Waals surface area contributed by atoms with E-state index in [-0.39, 0.29) is 5.02 Å². The summed E-state index contributed by atoms with van der Waals surface area (Å²) >= 11 is 5.73. The van der Waals surface area contributed by atoms with Crippen LogP contribution in [0.2, 0.25) is 5.02 Å². The van der Waals surface area contributed by atoms with E-state index in [0.717, 1.165) is 29.5 Å². The lowest BCUT2D eigenvalue weighted by Crippen LogP contribution is -2.11. The first kappa shape index (κ1) is 16.8. The van der Waals surface area contributed by atoms with Gasteiger partial charge in [-0.2, -0.15) is 0 Å². The average Bonchev–Trinajstić information content (AvgIpc) is 2.63. The Kier molecular flexibility index (Phi) is 5.38. The third-order valence-electron chi connectivity index (χ3n) is 4.66. The summed E-state index contributed by atoms with van der Waals surface area (Å²) in [5, 5.41) is 0.146. The van der Waals surface area contributed by atoms with Gasteiger partial charge in [-0.25, -0.2) is 4.39 Å². The van der Waals surface area contributed by atoms with Gasteiger partial charge >= 0.3 is 0 Å². The van der Waals surface area contributed by atoms with Crippen LogP contribution in [0.3, 0.4) is 0 Å². The largest absolute Gasteiger partial charge is 0.205 e. The molecule has 2 aromatic carbocycles. The molecule has 2 heteroatoms. The minimum absolute atomic E-state index is 0.146. The fraction of sp³-hybridized carbons (Fsp3) is 0.273. The monoisotopic (exact) mass is 338 g/mol. The van der Waals surface area contributed by atoms with Crippen molar-refractivity contribution in [1.29, 1.82) is 0 Å². The second kappa shape index (κ2) is 7.69. The van der Waals surface area contributed by atoms with E-state index >= 15 is 0 Å². The number of halogens is 2. The van der Waals surface area contributed by atoms with Crippen molar-refractivity contribution in [3.05, 3.63) is 71.5 Å². The van der Waals surface area contributed by atoms with E-state index < -0.39 is 5.82 Å². The maximum Gasteiger partial charge on any atom is 0.142 e. The fourth-order valence-electron chi connectivity index (χ4n) is 3.11. The number of benzene rings is 2. The molecule has 0 amide bonds. The molecule has 0 aromatic heterocycles. The predicted molar refractivity (Wildman–Crippen MR) is 99.4 cm³/mol. The number of rotatable bonds is 2. The van der Waals surface area contributed by atoms with Gasteiger partial charge in [0, 0.05) is 11.5 Å². The fourth-order valence-corrected chi connectivity index (χ4v) is 3.22. The van der Waals surface area contributed by atoms with E-state index in [1.807, 2.05) is 30.3 Å². The Morgan fingerprint density at radius 1 is 1.00 bits per heavy atom. The predicted octanol–water partition coefficient (Wildman–Crippen LogP) is 6.49. The first-order chi connectivity index (χ1) is 11.7. The van der Waals surface area contributed by atoms with Crippen LogP contribution in [0.15, 0.2) is 55.1 Å². The summed E-state index contributed by atoms with van der Waals surface area (Å²) in [5.41, 5.74) is 2.78. The van der Waals surface area contributed by atoms with Crippen LogP contribution < -0.4 is 0 Å². The third kappa shape index (κ3) is 4.08. The van der Waals surface area contributed by atoms with E-state index in [9.17, 15) is 4.39 Å². The Morgan fingerprint density at radius 2 is 1.67 bits per heavy atom. The van der Waals surface area contributed by atoms with Gasteiger partial charge < -0.3 is 0 Å². The summed E-state index contributed by atoms with van der Waals surface area (Å²) in [6.07, 6.45) is 6.79. The van der Waals surface area contributed by atoms with E-state index in [1.54, 1.807) is 6.07 Å². The van der Waals surface area contributed by atoms with Gasteiger partial charge in [-0.05, 0) is 67.0 Å². The molecule has 0 nitrogen and oxygen atoms in total. The minimum Gasteiger partial charge on any atom is -0.205 e. The molecule has 1 saturated carbocycles. The summed E-state index contributed by atoms with van der Waals surface area (Å²) in [5.74, 6) is 7.44. The quantitative estimate of drug-likeness (QED) is 0.433. The van der Waals surface area contributed by atoms with Crippen molar-refractivity contribution in [1.82, 2.24) is 0 Å². The van der Waals surface area contributed by atoms with Crippen LogP contribution in [0.4, 0.5) is 4.39 Å². The standard InChI is InChI=1S/C22H20ClF/c1-2-16-3-5-17(6-4-16)7-8-18-9-11-19(12-10-18)20-13-14-21(23)22(24)15-20/h2,9-17H,1,3-6H2. The molecule has 0 aliphatic heterocycles. The second-order valence-electron chi connectivity index (χ2n) is 6.32. The van der Waals surface area contributed by atoms with Crippen molar-refractivity contribution < 1.29 is 4.39 Å². The topological polar surface area (TPSA) is 0 Å². The first-order valence-corrected chi connectivity index (χ1v) is 8.73. The number of hydrogen-bond donors (Lipinski definition) is 0. The lowest BCUT2D eigenvalue weighted by Gasteiger charge is -2.22. The average molecular weight is 339 g/mol. The van der Waals surface area contributed by atoms with Crippen LogP contribution in [0.5, 0.6) is 0 Å². The summed E-state index contributed by atoms with van der Waals surface area (Å²) in [4.78, 5) is 0. The molecule has 0 saturated heterocycles. The van der Waals surface area contributed by atoms with Crippen molar-refractivity contribution in [3.63, 3.8) is 0 Å². The van der Waals surface area contributed by atoms with E-state index in [2.05, 4.69) is 24.5 Å². The number of hydrogen-bond acceptors (Lipinski definition) is 0. The maximum atomic E-state index is 13.6. The first-order valence-electron chi connectivity index (χ1n) is 8.35.